The van der Waals surface area contributed by atoms with Gasteiger partial charge in [-0.05, 0) is 30.7 Å². The van der Waals surface area contributed by atoms with Crippen LogP contribution in [0.3, 0.4) is 0 Å². The van der Waals surface area contributed by atoms with E-state index in [1.807, 2.05) is 48.7 Å². The lowest BCUT2D eigenvalue weighted by atomic mass is 10.1. The number of para-hydroxylation sites is 1. The molecular formula is C22H22ClN3O3S. The minimum absolute atomic E-state index is 0.0660. The molecule has 30 heavy (non-hydrogen) atoms. The highest BCUT2D eigenvalue weighted by Gasteiger charge is 2.34. The number of rotatable bonds is 5. The number of benzene rings is 2. The molecule has 2 heterocycles. The van der Waals surface area contributed by atoms with Crippen molar-refractivity contribution in [2.45, 2.75) is 13.0 Å². The van der Waals surface area contributed by atoms with Gasteiger partial charge in [0.2, 0.25) is 5.91 Å². The molecule has 0 radical (unpaired) electrons. The Kier molecular flexibility index (Phi) is 5.66. The Hall–Kier alpha value is -2.64. The molecule has 0 spiro atoms. The summed E-state index contributed by atoms with van der Waals surface area (Å²) in [6, 6.07) is 17.1. The first-order valence-electron chi connectivity index (χ1n) is 9.68. The van der Waals surface area contributed by atoms with E-state index in [1.54, 1.807) is 28.8 Å². The molecule has 0 saturated carbocycles. The number of hydrogen-bond donors (Lipinski definition) is 0. The van der Waals surface area contributed by atoms with Gasteiger partial charge in [0.1, 0.15) is 0 Å². The fourth-order valence-electron chi connectivity index (χ4n) is 3.72. The number of carbonyl (C=O) groups excluding carboxylic acids is 1. The monoisotopic (exact) mass is 443 g/mol. The molecule has 1 aliphatic rings. The zero-order valence-electron chi connectivity index (χ0n) is 16.5. The van der Waals surface area contributed by atoms with Crippen LogP contribution in [0.1, 0.15) is 12.0 Å². The molecule has 0 N–H and O–H groups in total. The quantitative estimate of drug-likeness (QED) is 0.604. The number of aromatic nitrogens is 2. The van der Waals surface area contributed by atoms with Crippen LogP contribution in [-0.2, 0) is 21.2 Å². The number of nitrogens with zero attached hydrogens (tertiary/aromatic N) is 3. The Morgan fingerprint density at radius 3 is 2.50 bits per heavy atom. The highest BCUT2D eigenvalue weighted by Crippen LogP contribution is 2.27. The molecular weight excluding hydrogens is 422 g/mol. The van der Waals surface area contributed by atoms with Crippen molar-refractivity contribution < 1.29 is 13.2 Å². The lowest BCUT2D eigenvalue weighted by Crippen LogP contribution is -2.33. The fourth-order valence-corrected chi connectivity index (χ4v) is 5.58. The van der Waals surface area contributed by atoms with Gasteiger partial charge in [-0.3, -0.25) is 4.79 Å². The summed E-state index contributed by atoms with van der Waals surface area (Å²) in [5.74, 6) is -0.600. The van der Waals surface area contributed by atoms with Crippen LogP contribution in [0, 0.1) is 5.92 Å². The predicted octanol–water partition coefficient (Wildman–Crippen LogP) is 3.59. The van der Waals surface area contributed by atoms with Gasteiger partial charge in [-0.15, -0.1) is 0 Å². The van der Waals surface area contributed by atoms with Gasteiger partial charge in [0, 0.05) is 35.9 Å². The van der Waals surface area contributed by atoms with Gasteiger partial charge in [-0.1, -0.05) is 41.9 Å². The Labute approximate surface area is 181 Å². The van der Waals surface area contributed by atoms with Crippen LogP contribution in [0.5, 0.6) is 0 Å². The van der Waals surface area contributed by atoms with E-state index >= 15 is 0 Å². The van der Waals surface area contributed by atoms with Crippen molar-refractivity contribution in [2.75, 3.05) is 18.6 Å². The molecule has 0 unspecified atom stereocenters. The van der Waals surface area contributed by atoms with E-state index < -0.39 is 15.8 Å². The van der Waals surface area contributed by atoms with Crippen LogP contribution >= 0.6 is 11.6 Å². The maximum Gasteiger partial charge on any atom is 0.226 e. The summed E-state index contributed by atoms with van der Waals surface area (Å²) in [5, 5.41) is 5.39. The topological polar surface area (TPSA) is 72.3 Å². The molecule has 1 saturated heterocycles. The van der Waals surface area contributed by atoms with Crippen molar-refractivity contribution >= 4 is 27.3 Å². The van der Waals surface area contributed by atoms with Crippen LogP contribution in [0.4, 0.5) is 0 Å². The van der Waals surface area contributed by atoms with E-state index in [0.717, 1.165) is 22.5 Å². The average Bonchev–Trinajstić information content (AvgIpc) is 3.32. The maximum absolute atomic E-state index is 12.8. The molecule has 4 rings (SSSR count). The van der Waals surface area contributed by atoms with Gasteiger partial charge < -0.3 is 4.90 Å². The van der Waals surface area contributed by atoms with Crippen molar-refractivity contribution in [3.8, 4) is 16.9 Å². The molecule has 0 aliphatic carbocycles. The maximum atomic E-state index is 12.8. The van der Waals surface area contributed by atoms with Crippen LogP contribution in [0.25, 0.3) is 16.9 Å². The van der Waals surface area contributed by atoms with E-state index in [2.05, 4.69) is 0 Å². The van der Waals surface area contributed by atoms with Crippen molar-refractivity contribution in [1.82, 2.24) is 14.7 Å². The van der Waals surface area contributed by atoms with E-state index in [-0.39, 0.29) is 17.4 Å². The average molecular weight is 444 g/mol. The summed E-state index contributed by atoms with van der Waals surface area (Å²) in [6.45, 7) is 0.334. The number of carbonyl (C=O) groups is 1. The summed E-state index contributed by atoms with van der Waals surface area (Å²) >= 11 is 6.03. The van der Waals surface area contributed by atoms with Crippen molar-refractivity contribution in [2.24, 2.45) is 5.92 Å². The lowest BCUT2D eigenvalue weighted by molar-refractivity contribution is -0.133. The Morgan fingerprint density at radius 1 is 1.17 bits per heavy atom. The number of sulfone groups is 1. The van der Waals surface area contributed by atoms with E-state index in [4.69, 9.17) is 16.7 Å². The second kappa shape index (κ2) is 8.24. The summed E-state index contributed by atoms with van der Waals surface area (Å²) in [7, 11) is -1.40. The molecule has 1 atom stereocenters. The lowest BCUT2D eigenvalue weighted by Gasteiger charge is -2.20. The summed E-state index contributed by atoms with van der Waals surface area (Å²) in [4.78, 5) is 14.4. The molecule has 1 aliphatic heterocycles. The predicted molar refractivity (Wildman–Crippen MR) is 117 cm³/mol. The number of hydrogen-bond acceptors (Lipinski definition) is 4. The zero-order chi connectivity index (χ0) is 21.3. The van der Waals surface area contributed by atoms with Crippen molar-refractivity contribution in [3.63, 3.8) is 0 Å². The van der Waals surface area contributed by atoms with Gasteiger partial charge in [-0.25, -0.2) is 13.1 Å². The first kappa shape index (κ1) is 20.6. The molecule has 156 valence electrons. The highest BCUT2D eigenvalue weighted by atomic mass is 35.5. The Bertz CT molecular complexity index is 1160. The van der Waals surface area contributed by atoms with Gasteiger partial charge in [0.05, 0.1) is 28.8 Å². The first-order chi connectivity index (χ1) is 14.3. The van der Waals surface area contributed by atoms with Crippen LogP contribution in [-0.4, -0.2) is 47.6 Å². The third kappa shape index (κ3) is 4.42. The van der Waals surface area contributed by atoms with Crippen LogP contribution in [0.2, 0.25) is 5.02 Å². The largest absolute Gasteiger partial charge is 0.341 e. The van der Waals surface area contributed by atoms with Gasteiger partial charge in [-0.2, -0.15) is 5.10 Å². The van der Waals surface area contributed by atoms with E-state index in [9.17, 15) is 13.2 Å². The molecule has 1 aromatic heterocycles. The molecule has 3 aromatic rings. The van der Waals surface area contributed by atoms with Crippen LogP contribution < -0.4 is 0 Å². The minimum Gasteiger partial charge on any atom is -0.341 e. The zero-order valence-corrected chi connectivity index (χ0v) is 18.1. The molecule has 8 heteroatoms. The Morgan fingerprint density at radius 2 is 1.87 bits per heavy atom. The smallest absolute Gasteiger partial charge is 0.226 e. The third-order valence-corrected chi connectivity index (χ3v) is 7.31. The molecule has 1 fully saturated rings. The number of halogens is 1. The van der Waals surface area contributed by atoms with E-state index in [0.29, 0.717) is 18.0 Å². The molecule has 2 aromatic carbocycles. The summed E-state index contributed by atoms with van der Waals surface area (Å²) in [6.07, 6.45) is 2.30. The SMILES string of the molecule is CN(Cc1cn(-c2ccccc2)nc1-c1ccc(Cl)cc1)C(=O)[C@@H]1CCS(=O)(=O)C1. The van der Waals surface area contributed by atoms with E-state index in [1.165, 1.54) is 0 Å². The van der Waals surface area contributed by atoms with Crippen molar-refractivity contribution in [1.29, 1.82) is 0 Å². The molecule has 1 amide bonds. The van der Waals surface area contributed by atoms with Crippen LogP contribution in [0.15, 0.2) is 60.8 Å². The second-order valence-corrected chi connectivity index (χ2v) is 10.2. The molecule has 0 bridgehead atoms. The third-order valence-electron chi connectivity index (χ3n) is 5.29. The highest BCUT2D eigenvalue weighted by molar-refractivity contribution is 7.91. The normalized spacial score (nSPS) is 17.7. The first-order valence-corrected chi connectivity index (χ1v) is 11.9. The second-order valence-electron chi connectivity index (χ2n) is 7.58. The fraction of sp³-hybridized carbons (Fsp3) is 0.273. The summed E-state index contributed by atoms with van der Waals surface area (Å²) < 4.78 is 25.3. The van der Waals surface area contributed by atoms with Crippen molar-refractivity contribution in [3.05, 3.63) is 71.4 Å². The Balaban J connectivity index is 1.65. The minimum atomic E-state index is -3.11. The van der Waals surface area contributed by atoms with Gasteiger partial charge >= 0.3 is 0 Å². The van der Waals surface area contributed by atoms with Gasteiger partial charge in [0.25, 0.3) is 0 Å². The summed E-state index contributed by atoms with van der Waals surface area (Å²) in [5.41, 5.74) is 3.44. The van der Waals surface area contributed by atoms with Gasteiger partial charge in [0.15, 0.2) is 9.84 Å². The standard InChI is InChI=1S/C22H22ClN3O3S/c1-25(22(27)17-11-12-30(28,29)15-17)13-18-14-26(20-5-3-2-4-6-20)24-21(18)16-7-9-19(23)10-8-16/h2-10,14,17H,11-13,15H2,1H3/t17-/m1/s1. The number of amides is 1. The molecule has 6 nitrogen and oxygen atoms in total.